The highest BCUT2D eigenvalue weighted by atomic mass is 16.1. The molecule has 6 nitrogen and oxygen atoms in total. The third-order valence-electron chi connectivity index (χ3n) is 4.18. The average molecular weight is 313 g/mol. The molecule has 23 heavy (non-hydrogen) atoms. The molecule has 122 valence electrons. The smallest absolute Gasteiger partial charge is 0.254 e. The minimum absolute atomic E-state index is 0.0843. The van der Waals surface area contributed by atoms with Gasteiger partial charge in [-0.1, -0.05) is 13.8 Å². The summed E-state index contributed by atoms with van der Waals surface area (Å²) in [5, 5.41) is 3.13. The van der Waals surface area contributed by atoms with E-state index in [1.165, 1.54) is 0 Å². The molecular formula is C17H23N5O. The number of rotatable bonds is 3. The van der Waals surface area contributed by atoms with Crippen molar-refractivity contribution in [2.45, 2.75) is 59.0 Å². The predicted octanol–water partition coefficient (Wildman–Crippen LogP) is 2.16. The van der Waals surface area contributed by atoms with Crippen LogP contribution >= 0.6 is 0 Å². The number of amides is 1. The molecule has 0 radical (unpaired) electrons. The normalized spacial score (nSPS) is 17.2. The lowest BCUT2D eigenvalue weighted by Gasteiger charge is -2.25. The minimum Gasteiger partial charge on any atom is -0.347 e. The van der Waals surface area contributed by atoms with Gasteiger partial charge in [0.15, 0.2) is 0 Å². The van der Waals surface area contributed by atoms with E-state index < -0.39 is 0 Å². The zero-order chi connectivity index (χ0) is 16.6. The van der Waals surface area contributed by atoms with Crippen molar-refractivity contribution >= 4 is 5.91 Å². The highest BCUT2D eigenvalue weighted by molar-refractivity contribution is 5.95. The second-order valence-corrected chi connectivity index (χ2v) is 6.53. The van der Waals surface area contributed by atoms with E-state index in [4.69, 9.17) is 0 Å². The topological polar surface area (TPSA) is 72.7 Å². The average Bonchev–Trinajstić information content (AvgIpc) is 2.86. The molecule has 3 heterocycles. The van der Waals surface area contributed by atoms with Gasteiger partial charge in [0, 0.05) is 31.4 Å². The molecule has 2 aromatic heterocycles. The molecule has 1 aliphatic rings. The van der Waals surface area contributed by atoms with Crippen molar-refractivity contribution in [3.63, 3.8) is 0 Å². The molecule has 1 atom stereocenters. The molecule has 0 fully saturated rings. The Morgan fingerprint density at radius 3 is 2.87 bits per heavy atom. The number of imidazole rings is 1. The standard InChI is InChI=1S/C17H23N5O/c1-10(2)16-14(7-18-12(4)20-16)17(23)21-13-5-6-15-19-11(3)8-22(15)9-13/h7-8,10,13H,5-6,9H2,1-4H3,(H,21,23). The molecule has 1 aliphatic heterocycles. The zero-order valence-electron chi connectivity index (χ0n) is 14.1. The number of aryl methyl sites for hydroxylation is 3. The Balaban J connectivity index is 1.75. The lowest BCUT2D eigenvalue weighted by atomic mass is 10.0. The molecule has 0 spiro atoms. The fourth-order valence-corrected chi connectivity index (χ4v) is 3.07. The van der Waals surface area contributed by atoms with Gasteiger partial charge in [-0.15, -0.1) is 0 Å². The summed E-state index contributed by atoms with van der Waals surface area (Å²) >= 11 is 0. The first kappa shape index (κ1) is 15.6. The molecule has 1 unspecified atom stereocenters. The SMILES string of the molecule is Cc1cn2c(n1)CCC(NC(=O)c1cnc(C)nc1C(C)C)C2. The van der Waals surface area contributed by atoms with Crippen LogP contribution in [0.5, 0.6) is 0 Å². The first-order valence-corrected chi connectivity index (χ1v) is 8.11. The Bertz CT molecular complexity index is 735. The number of carbonyl (C=O) groups excluding carboxylic acids is 1. The summed E-state index contributed by atoms with van der Waals surface area (Å²) in [6, 6.07) is 0.116. The second kappa shape index (κ2) is 6.10. The summed E-state index contributed by atoms with van der Waals surface area (Å²) in [7, 11) is 0. The third-order valence-corrected chi connectivity index (χ3v) is 4.18. The van der Waals surface area contributed by atoms with Gasteiger partial charge in [-0.2, -0.15) is 0 Å². The molecule has 6 heteroatoms. The summed E-state index contributed by atoms with van der Waals surface area (Å²) in [5.41, 5.74) is 2.42. The Morgan fingerprint density at radius 2 is 2.13 bits per heavy atom. The summed E-state index contributed by atoms with van der Waals surface area (Å²) < 4.78 is 2.14. The monoisotopic (exact) mass is 313 g/mol. The van der Waals surface area contributed by atoms with Crippen LogP contribution < -0.4 is 5.32 Å². The Kier molecular flexibility index (Phi) is 4.15. The van der Waals surface area contributed by atoms with Gasteiger partial charge in [0.1, 0.15) is 11.6 Å². The lowest BCUT2D eigenvalue weighted by Crippen LogP contribution is -2.41. The first-order chi connectivity index (χ1) is 10.9. The molecule has 1 amide bonds. The quantitative estimate of drug-likeness (QED) is 0.942. The molecule has 0 saturated heterocycles. The number of nitrogens with zero attached hydrogens (tertiary/aromatic N) is 4. The molecule has 0 saturated carbocycles. The van der Waals surface area contributed by atoms with E-state index in [9.17, 15) is 4.79 Å². The van der Waals surface area contributed by atoms with Gasteiger partial charge in [-0.05, 0) is 26.2 Å². The number of carbonyl (C=O) groups is 1. The lowest BCUT2D eigenvalue weighted by molar-refractivity contribution is 0.0925. The van der Waals surface area contributed by atoms with Gasteiger partial charge in [0.2, 0.25) is 0 Å². The fourth-order valence-electron chi connectivity index (χ4n) is 3.07. The molecule has 3 rings (SSSR count). The van der Waals surface area contributed by atoms with Crippen molar-refractivity contribution in [3.8, 4) is 0 Å². The Morgan fingerprint density at radius 1 is 1.35 bits per heavy atom. The number of fused-ring (bicyclic) bond motifs is 1. The fraction of sp³-hybridized carbons (Fsp3) is 0.529. The van der Waals surface area contributed by atoms with Crippen LogP contribution in [0.4, 0.5) is 0 Å². The molecule has 1 N–H and O–H groups in total. The van der Waals surface area contributed by atoms with Crippen LogP contribution in [0.15, 0.2) is 12.4 Å². The largest absolute Gasteiger partial charge is 0.347 e. The van der Waals surface area contributed by atoms with Crippen LogP contribution in [0.1, 0.15) is 59.6 Å². The van der Waals surface area contributed by atoms with E-state index in [0.717, 1.165) is 36.6 Å². The van der Waals surface area contributed by atoms with E-state index in [1.807, 2.05) is 33.9 Å². The van der Waals surface area contributed by atoms with Crippen LogP contribution in [0.3, 0.4) is 0 Å². The maximum Gasteiger partial charge on any atom is 0.254 e. The number of hydrogen-bond acceptors (Lipinski definition) is 4. The summed E-state index contributed by atoms with van der Waals surface area (Å²) in [5.74, 6) is 1.90. The van der Waals surface area contributed by atoms with E-state index in [-0.39, 0.29) is 17.9 Å². The van der Waals surface area contributed by atoms with E-state index in [2.05, 4.69) is 24.8 Å². The molecule has 0 aromatic carbocycles. The Hall–Kier alpha value is -2.24. The van der Waals surface area contributed by atoms with Gasteiger partial charge < -0.3 is 9.88 Å². The van der Waals surface area contributed by atoms with Crippen molar-refractivity contribution in [2.75, 3.05) is 0 Å². The molecular weight excluding hydrogens is 290 g/mol. The summed E-state index contributed by atoms with van der Waals surface area (Å²) in [4.78, 5) is 25.8. The van der Waals surface area contributed by atoms with Crippen LogP contribution in [-0.4, -0.2) is 31.5 Å². The number of aromatic nitrogens is 4. The van der Waals surface area contributed by atoms with E-state index in [0.29, 0.717) is 11.4 Å². The van der Waals surface area contributed by atoms with Gasteiger partial charge >= 0.3 is 0 Å². The van der Waals surface area contributed by atoms with Crippen LogP contribution in [0, 0.1) is 13.8 Å². The van der Waals surface area contributed by atoms with Crippen molar-refractivity contribution in [2.24, 2.45) is 0 Å². The van der Waals surface area contributed by atoms with Gasteiger partial charge in [-0.25, -0.2) is 15.0 Å². The first-order valence-electron chi connectivity index (χ1n) is 8.11. The Labute approximate surface area is 136 Å². The molecule has 0 bridgehead atoms. The van der Waals surface area contributed by atoms with Crippen molar-refractivity contribution < 1.29 is 4.79 Å². The van der Waals surface area contributed by atoms with Crippen molar-refractivity contribution in [1.29, 1.82) is 0 Å². The highest BCUT2D eigenvalue weighted by Crippen LogP contribution is 2.19. The number of hydrogen-bond donors (Lipinski definition) is 1. The van der Waals surface area contributed by atoms with Gasteiger partial charge in [0.05, 0.1) is 17.0 Å². The van der Waals surface area contributed by atoms with Crippen LogP contribution in [0.25, 0.3) is 0 Å². The van der Waals surface area contributed by atoms with Crippen molar-refractivity contribution in [3.05, 3.63) is 41.0 Å². The van der Waals surface area contributed by atoms with Gasteiger partial charge in [0.25, 0.3) is 5.91 Å². The molecule has 2 aromatic rings. The predicted molar refractivity (Wildman–Crippen MR) is 87.4 cm³/mol. The maximum absolute atomic E-state index is 12.7. The third kappa shape index (κ3) is 3.25. The number of nitrogens with one attached hydrogen (secondary N) is 1. The van der Waals surface area contributed by atoms with Crippen LogP contribution in [0.2, 0.25) is 0 Å². The van der Waals surface area contributed by atoms with E-state index in [1.54, 1.807) is 6.20 Å². The second-order valence-electron chi connectivity index (χ2n) is 6.53. The minimum atomic E-state index is -0.0843. The van der Waals surface area contributed by atoms with Crippen LogP contribution in [-0.2, 0) is 13.0 Å². The zero-order valence-corrected chi connectivity index (χ0v) is 14.1. The molecule has 0 aliphatic carbocycles. The van der Waals surface area contributed by atoms with E-state index >= 15 is 0 Å². The maximum atomic E-state index is 12.7. The summed E-state index contributed by atoms with van der Waals surface area (Å²) in [6.45, 7) is 8.69. The van der Waals surface area contributed by atoms with Gasteiger partial charge in [-0.3, -0.25) is 4.79 Å². The summed E-state index contributed by atoms with van der Waals surface area (Å²) in [6.07, 6.45) is 5.48. The highest BCUT2D eigenvalue weighted by Gasteiger charge is 2.23. The van der Waals surface area contributed by atoms with Crippen molar-refractivity contribution in [1.82, 2.24) is 24.8 Å².